The third kappa shape index (κ3) is 5.26. The highest BCUT2D eigenvalue weighted by molar-refractivity contribution is 5.98. The van der Waals surface area contributed by atoms with E-state index < -0.39 is 0 Å². The Hall–Kier alpha value is -2.54. The first-order valence-electron chi connectivity index (χ1n) is 11.2. The molecule has 0 aromatic heterocycles. The highest BCUT2D eigenvalue weighted by Gasteiger charge is 2.33. The van der Waals surface area contributed by atoms with Gasteiger partial charge in [-0.05, 0) is 58.9 Å². The van der Waals surface area contributed by atoms with Gasteiger partial charge in [0.1, 0.15) is 23.7 Å². The maximum atomic E-state index is 12.4. The highest BCUT2D eigenvalue weighted by Crippen LogP contribution is 2.42. The summed E-state index contributed by atoms with van der Waals surface area (Å²) >= 11 is 0. The molecule has 7 nitrogen and oxygen atoms in total. The number of nitrogens with one attached hydrogen (secondary N) is 1. The molecule has 1 amide bonds. The summed E-state index contributed by atoms with van der Waals surface area (Å²) in [7, 11) is 3.17. The van der Waals surface area contributed by atoms with Crippen molar-refractivity contribution < 1.29 is 28.5 Å². The van der Waals surface area contributed by atoms with Crippen molar-refractivity contribution in [2.75, 3.05) is 20.8 Å². The molecule has 0 aliphatic carbocycles. The number of ether oxygens (including phenoxy) is 4. The molecule has 1 atom stereocenters. The molecular formula is C25H35NO6. The van der Waals surface area contributed by atoms with Crippen LogP contribution in [0.3, 0.4) is 0 Å². The summed E-state index contributed by atoms with van der Waals surface area (Å²) in [5, 5.41) is 3.14. The summed E-state index contributed by atoms with van der Waals surface area (Å²) in [6, 6.07) is 0.165. The number of benzene rings is 1. The zero-order valence-corrected chi connectivity index (χ0v) is 20.1. The van der Waals surface area contributed by atoms with Gasteiger partial charge in [-0.2, -0.15) is 0 Å². The fourth-order valence-corrected chi connectivity index (χ4v) is 4.58. The molecular weight excluding hydrogens is 410 g/mol. The van der Waals surface area contributed by atoms with Crippen LogP contribution in [-0.2, 0) is 27.3 Å². The molecule has 2 aliphatic heterocycles. The molecule has 2 heterocycles. The maximum absolute atomic E-state index is 12.4. The Morgan fingerprint density at radius 1 is 1.22 bits per heavy atom. The second-order valence-corrected chi connectivity index (χ2v) is 9.22. The van der Waals surface area contributed by atoms with Gasteiger partial charge in [-0.1, -0.05) is 11.6 Å². The van der Waals surface area contributed by atoms with E-state index in [-0.39, 0.29) is 30.1 Å². The van der Waals surface area contributed by atoms with Crippen molar-refractivity contribution in [1.29, 1.82) is 0 Å². The molecule has 1 fully saturated rings. The Bertz CT molecular complexity index is 918. The largest absolute Gasteiger partial charge is 0.496 e. The van der Waals surface area contributed by atoms with E-state index in [1.807, 2.05) is 13.8 Å². The van der Waals surface area contributed by atoms with Crippen molar-refractivity contribution in [3.63, 3.8) is 0 Å². The van der Waals surface area contributed by atoms with Crippen molar-refractivity contribution in [2.24, 2.45) is 0 Å². The van der Waals surface area contributed by atoms with Gasteiger partial charge in [-0.3, -0.25) is 4.79 Å². The van der Waals surface area contributed by atoms with E-state index in [1.165, 1.54) is 0 Å². The Morgan fingerprint density at radius 2 is 1.94 bits per heavy atom. The molecule has 7 heteroatoms. The first-order valence-corrected chi connectivity index (χ1v) is 11.2. The minimum Gasteiger partial charge on any atom is -0.496 e. The number of hydrogen-bond donors (Lipinski definition) is 1. The number of esters is 1. The number of methoxy groups -OCH3 is 2. The molecule has 1 N–H and O–H groups in total. The minimum atomic E-state index is -0.363. The average Bonchev–Trinajstić information content (AvgIpc) is 3.12. The zero-order valence-electron chi connectivity index (χ0n) is 20.1. The van der Waals surface area contributed by atoms with Gasteiger partial charge in [-0.15, -0.1) is 0 Å². The van der Waals surface area contributed by atoms with E-state index in [1.54, 1.807) is 14.2 Å². The van der Waals surface area contributed by atoms with Gasteiger partial charge >= 0.3 is 5.97 Å². The molecule has 2 aliphatic rings. The first kappa shape index (κ1) is 24.1. The summed E-state index contributed by atoms with van der Waals surface area (Å²) in [5.41, 5.74) is 3.93. The molecule has 32 heavy (non-hydrogen) atoms. The maximum Gasteiger partial charge on any atom is 0.342 e. The predicted octanol–water partition coefficient (Wildman–Crippen LogP) is 4.03. The van der Waals surface area contributed by atoms with Gasteiger partial charge in [0.25, 0.3) is 0 Å². The number of hydrogen-bond acceptors (Lipinski definition) is 6. The van der Waals surface area contributed by atoms with Crippen LogP contribution in [-0.4, -0.2) is 44.3 Å². The third-order valence-electron chi connectivity index (χ3n) is 6.29. The Kier molecular flexibility index (Phi) is 7.49. The third-order valence-corrected chi connectivity index (χ3v) is 6.29. The fraction of sp³-hybridized carbons (Fsp3) is 0.600. The lowest BCUT2D eigenvalue weighted by Gasteiger charge is -2.35. The van der Waals surface area contributed by atoms with Crippen LogP contribution in [0.15, 0.2) is 11.6 Å². The monoisotopic (exact) mass is 445 g/mol. The highest BCUT2D eigenvalue weighted by atomic mass is 16.5. The van der Waals surface area contributed by atoms with Crippen molar-refractivity contribution >= 4 is 11.9 Å². The lowest BCUT2D eigenvalue weighted by atomic mass is 9.93. The van der Waals surface area contributed by atoms with Crippen LogP contribution in [0.5, 0.6) is 11.5 Å². The van der Waals surface area contributed by atoms with Gasteiger partial charge in [0, 0.05) is 30.2 Å². The molecule has 176 valence electrons. The van der Waals surface area contributed by atoms with Gasteiger partial charge < -0.3 is 24.3 Å². The van der Waals surface area contributed by atoms with Gasteiger partial charge in [0.05, 0.1) is 19.8 Å². The van der Waals surface area contributed by atoms with E-state index in [4.69, 9.17) is 18.9 Å². The van der Waals surface area contributed by atoms with Gasteiger partial charge in [0.2, 0.25) is 5.91 Å². The minimum absolute atomic E-state index is 0.0618. The van der Waals surface area contributed by atoms with Crippen LogP contribution < -0.4 is 14.8 Å². The van der Waals surface area contributed by atoms with E-state index >= 15 is 0 Å². The number of carbonyl (C=O) groups is 2. The number of cyclic esters (lactones) is 1. The number of amides is 1. The first-order chi connectivity index (χ1) is 15.2. The number of fused-ring (bicyclic) bond motifs is 1. The average molecular weight is 446 g/mol. The lowest BCUT2D eigenvalue weighted by Crippen LogP contribution is -2.45. The normalized spacial score (nSPS) is 19.9. The molecule has 0 saturated carbocycles. The fourth-order valence-electron chi connectivity index (χ4n) is 4.58. The number of rotatable bonds is 8. The van der Waals surface area contributed by atoms with Gasteiger partial charge in [-0.25, -0.2) is 4.79 Å². The summed E-state index contributed by atoms with van der Waals surface area (Å²) in [5.74, 6) is 0.918. The van der Waals surface area contributed by atoms with E-state index in [9.17, 15) is 9.59 Å². The molecule has 0 unspecified atom stereocenters. The molecule has 0 spiro atoms. The Morgan fingerprint density at radius 3 is 2.59 bits per heavy atom. The van der Waals surface area contributed by atoms with Crippen LogP contribution in [0, 0.1) is 6.92 Å². The summed E-state index contributed by atoms with van der Waals surface area (Å²) in [6.45, 7) is 8.97. The Labute approximate surface area is 190 Å². The smallest absolute Gasteiger partial charge is 0.342 e. The summed E-state index contributed by atoms with van der Waals surface area (Å²) in [4.78, 5) is 24.7. The summed E-state index contributed by atoms with van der Waals surface area (Å²) in [6.07, 6.45) is 5.38. The SMILES string of the molecule is COc1c(C)c2c(c(OC)c1C/C=C(\C)CCC(=O)N[C@H]1CCOC(C)(C)C1)C(=O)OC2. The molecule has 1 aromatic carbocycles. The summed E-state index contributed by atoms with van der Waals surface area (Å²) < 4.78 is 22.2. The van der Waals surface area contributed by atoms with Crippen molar-refractivity contribution in [1.82, 2.24) is 5.32 Å². The molecule has 3 rings (SSSR count). The second-order valence-electron chi connectivity index (χ2n) is 9.22. The predicted molar refractivity (Wildman–Crippen MR) is 121 cm³/mol. The van der Waals surface area contributed by atoms with Crippen molar-refractivity contribution in [3.05, 3.63) is 33.9 Å². The van der Waals surface area contributed by atoms with Crippen molar-refractivity contribution in [2.45, 2.75) is 78.0 Å². The van der Waals surface area contributed by atoms with Gasteiger partial charge in [0.15, 0.2) is 0 Å². The van der Waals surface area contributed by atoms with Crippen LogP contribution in [0.4, 0.5) is 0 Å². The topological polar surface area (TPSA) is 83.1 Å². The van der Waals surface area contributed by atoms with Crippen LogP contribution >= 0.6 is 0 Å². The molecule has 0 radical (unpaired) electrons. The molecule has 0 bridgehead atoms. The second kappa shape index (κ2) is 9.94. The van der Waals surface area contributed by atoms with E-state index in [0.717, 1.165) is 35.1 Å². The van der Waals surface area contributed by atoms with Crippen LogP contribution in [0.1, 0.15) is 73.5 Å². The molecule has 1 aromatic rings. The number of carbonyl (C=O) groups excluding carboxylic acids is 2. The number of allylic oxidation sites excluding steroid dienone is 2. The van der Waals surface area contributed by atoms with E-state index in [2.05, 4.69) is 25.2 Å². The Balaban J connectivity index is 1.66. The zero-order chi connectivity index (χ0) is 23.5. The quantitative estimate of drug-likeness (QED) is 0.481. The van der Waals surface area contributed by atoms with E-state index in [0.29, 0.717) is 42.9 Å². The lowest BCUT2D eigenvalue weighted by molar-refractivity contribution is -0.124. The van der Waals surface area contributed by atoms with Crippen LogP contribution in [0.2, 0.25) is 0 Å². The van der Waals surface area contributed by atoms with Crippen LogP contribution in [0.25, 0.3) is 0 Å². The standard InChI is InChI=1S/C25H35NO6/c1-15(8-10-20(27)26-17-11-12-32-25(3,4)13-17)7-9-18-22(29-5)16(2)19-14-31-24(28)21(19)23(18)30-6/h7,17H,8-14H2,1-6H3,(H,26,27)/b15-7+/t17-/m0/s1. The van der Waals surface area contributed by atoms with Crippen molar-refractivity contribution in [3.8, 4) is 11.5 Å². The molecule has 1 saturated heterocycles.